The Labute approximate surface area is 93.0 Å². The van der Waals surface area contributed by atoms with E-state index in [1.165, 1.54) is 6.20 Å². The van der Waals surface area contributed by atoms with Crippen molar-refractivity contribution in [2.24, 2.45) is 0 Å². The Morgan fingerprint density at radius 1 is 1.33 bits per heavy atom. The van der Waals surface area contributed by atoms with E-state index >= 15 is 0 Å². The van der Waals surface area contributed by atoms with Crippen LogP contribution in [0.25, 0.3) is 5.82 Å². The molecule has 2 aromatic heterocycles. The molecular weight excluding hydrogens is 212 g/mol. The maximum atomic E-state index is 5.79. The lowest BCUT2D eigenvalue weighted by atomic mass is 10.2. The summed E-state index contributed by atoms with van der Waals surface area (Å²) in [5, 5.41) is 0.385. The molecule has 78 valence electrons. The van der Waals surface area contributed by atoms with Gasteiger partial charge in [-0.1, -0.05) is 25.4 Å². The Kier molecular flexibility index (Phi) is 2.68. The van der Waals surface area contributed by atoms with Crippen LogP contribution >= 0.6 is 11.6 Å². The van der Waals surface area contributed by atoms with Gasteiger partial charge in [-0.3, -0.25) is 9.55 Å². The standard InChI is InChI=1S/C10H11ClN4/c1-7(2)10-13-3-4-15(10)9-6-12-5-8(11)14-9/h3-7H,1-2H3. The van der Waals surface area contributed by atoms with E-state index in [1.807, 2.05) is 10.8 Å². The van der Waals surface area contributed by atoms with E-state index in [4.69, 9.17) is 11.6 Å². The molecule has 2 rings (SSSR count). The van der Waals surface area contributed by atoms with E-state index in [1.54, 1.807) is 12.4 Å². The first-order valence-corrected chi connectivity index (χ1v) is 5.07. The van der Waals surface area contributed by atoms with Gasteiger partial charge in [0.25, 0.3) is 0 Å². The first kappa shape index (κ1) is 10.1. The SMILES string of the molecule is CC(C)c1nccn1-c1cncc(Cl)n1. The molecule has 0 spiro atoms. The molecule has 0 aromatic carbocycles. The normalized spacial score (nSPS) is 10.9. The van der Waals surface area contributed by atoms with Crippen LogP contribution in [0.5, 0.6) is 0 Å². The summed E-state index contributed by atoms with van der Waals surface area (Å²) < 4.78 is 1.89. The lowest BCUT2D eigenvalue weighted by molar-refractivity contribution is 0.742. The number of hydrogen-bond donors (Lipinski definition) is 0. The number of rotatable bonds is 2. The fraction of sp³-hybridized carbons (Fsp3) is 0.300. The Morgan fingerprint density at radius 2 is 2.13 bits per heavy atom. The maximum absolute atomic E-state index is 5.79. The molecule has 0 bridgehead atoms. The third kappa shape index (κ3) is 1.99. The van der Waals surface area contributed by atoms with Crippen molar-refractivity contribution in [3.63, 3.8) is 0 Å². The number of halogens is 1. The highest BCUT2D eigenvalue weighted by Gasteiger charge is 2.09. The Bertz CT molecular complexity index is 464. The molecule has 0 aliphatic heterocycles. The van der Waals surface area contributed by atoms with Crippen molar-refractivity contribution in [1.82, 2.24) is 19.5 Å². The zero-order valence-corrected chi connectivity index (χ0v) is 9.31. The van der Waals surface area contributed by atoms with Crippen LogP contribution in [0.15, 0.2) is 24.8 Å². The Morgan fingerprint density at radius 3 is 2.80 bits per heavy atom. The van der Waals surface area contributed by atoms with Gasteiger partial charge in [-0.2, -0.15) is 0 Å². The molecule has 2 aromatic rings. The second-order valence-corrected chi connectivity index (χ2v) is 3.90. The average Bonchev–Trinajstić information content (AvgIpc) is 2.65. The lowest BCUT2D eigenvalue weighted by Gasteiger charge is -2.08. The van der Waals surface area contributed by atoms with E-state index in [-0.39, 0.29) is 0 Å². The van der Waals surface area contributed by atoms with E-state index in [0.717, 1.165) is 5.82 Å². The molecule has 0 N–H and O–H groups in total. The van der Waals surface area contributed by atoms with Crippen molar-refractivity contribution in [2.45, 2.75) is 19.8 Å². The minimum absolute atomic E-state index is 0.334. The highest BCUT2D eigenvalue weighted by atomic mass is 35.5. The fourth-order valence-electron chi connectivity index (χ4n) is 1.38. The van der Waals surface area contributed by atoms with Gasteiger partial charge < -0.3 is 0 Å². The Hall–Kier alpha value is -1.42. The third-order valence-electron chi connectivity index (χ3n) is 2.03. The molecule has 0 atom stereocenters. The highest BCUT2D eigenvalue weighted by Crippen LogP contribution is 2.16. The van der Waals surface area contributed by atoms with Crippen LogP contribution in [0.4, 0.5) is 0 Å². The zero-order chi connectivity index (χ0) is 10.8. The molecule has 0 saturated heterocycles. The summed E-state index contributed by atoms with van der Waals surface area (Å²) in [7, 11) is 0. The van der Waals surface area contributed by atoms with Crippen molar-refractivity contribution >= 4 is 11.6 Å². The van der Waals surface area contributed by atoms with E-state index in [2.05, 4.69) is 28.8 Å². The number of nitrogens with zero attached hydrogens (tertiary/aromatic N) is 4. The van der Waals surface area contributed by atoms with E-state index in [9.17, 15) is 0 Å². The molecule has 0 aliphatic carbocycles. The lowest BCUT2D eigenvalue weighted by Crippen LogP contribution is -2.04. The van der Waals surface area contributed by atoms with Gasteiger partial charge in [-0.15, -0.1) is 0 Å². The van der Waals surface area contributed by atoms with E-state index < -0.39 is 0 Å². The summed E-state index contributed by atoms with van der Waals surface area (Å²) in [6.07, 6.45) is 6.78. The van der Waals surface area contributed by atoms with Crippen LogP contribution < -0.4 is 0 Å². The van der Waals surface area contributed by atoms with E-state index in [0.29, 0.717) is 16.9 Å². The smallest absolute Gasteiger partial charge is 0.158 e. The Balaban J connectivity index is 2.49. The molecule has 0 saturated carbocycles. The van der Waals surface area contributed by atoms with Gasteiger partial charge in [0.05, 0.1) is 12.4 Å². The number of aromatic nitrogens is 4. The van der Waals surface area contributed by atoms with Crippen LogP contribution in [-0.2, 0) is 0 Å². The summed E-state index contributed by atoms with van der Waals surface area (Å²) >= 11 is 5.79. The summed E-state index contributed by atoms with van der Waals surface area (Å²) in [6.45, 7) is 4.16. The quantitative estimate of drug-likeness (QED) is 0.784. The van der Waals surface area contributed by atoms with Crippen LogP contribution in [-0.4, -0.2) is 19.5 Å². The molecule has 0 amide bonds. The van der Waals surface area contributed by atoms with Crippen LogP contribution in [0, 0.1) is 0 Å². The molecule has 4 nitrogen and oxygen atoms in total. The number of hydrogen-bond acceptors (Lipinski definition) is 3. The van der Waals surface area contributed by atoms with Crippen molar-refractivity contribution in [3.05, 3.63) is 35.8 Å². The molecule has 0 fully saturated rings. The van der Waals surface area contributed by atoms with Gasteiger partial charge in [0, 0.05) is 18.3 Å². The minimum atomic E-state index is 0.334. The molecule has 0 radical (unpaired) electrons. The molecule has 2 heterocycles. The van der Waals surface area contributed by atoms with Gasteiger partial charge in [0.2, 0.25) is 0 Å². The van der Waals surface area contributed by atoms with Crippen molar-refractivity contribution in [3.8, 4) is 5.82 Å². The van der Waals surface area contributed by atoms with Gasteiger partial charge in [-0.05, 0) is 0 Å². The predicted octanol–water partition coefficient (Wildman–Crippen LogP) is 2.44. The monoisotopic (exact) mass is 222 g/mol. The summed E-state index contributed by atoms with van der Waals surface area (Å²) in [5.41, 5.74) is 0. The molecule has 5 heteroatoms. The van der Waals surface area contributed by atoms with Gasteiger partial charge in [0.1, 0.15) is 11.0 Å². The van der Waals surface area contributed by atoms with Crippen molar-refractivity contribution in [1.29, 1.82) is 0 Å². The predicted molar refractivity (Wildman–Crippen MR) is 58.3 cm³/mol. The topological polar surface area (TPSA) is 43.6 Å². The van der Waals surface area contributed by atoms with Crippen molar-refractivity contribution < 1.29 is 0 Å². The zero-order valence-electron chi connectivity index (χ0n) is 8.55. The highest BCUT2D eigenvalue weighted by molar-refractivity contribution is 6.29. The van der Waals surface area contributed by atoms with Crippen LogP contribution in [0.1, 0.15) is 25.6 Å². The second-order valence-electron chi connectivity index (χ2n) is 3.51. The fourth-order valence-corrected chi connectivity index (χ4v) is 1.53. The van der Waals surface area contributed by atoms with Gasteiger partial charge in [-0.25, -0.2) is 9.97 Å². The van der Waals surface area contributed by atoms with Crippen molar-refractivity contribution in [2.75, 3.05) is 0 Å². The summed E-state index contributed by atoms with van der Waals surface area (Å²) in [6, 6.07) is 0. The third-order valence-corrected chi connectivity index (χ3v) is 2.21. The van der Waals surface area contributed by atoms with Crippen LogP contribution in [0.3, 0.4) is 0 Å². The average molecular weight is 223 g/mol. The summed E-state index contributed by atoms with van der Waals surface area (Å²) in [5.74, 6) is 1.98. The first-order valence-electron chi connectivity index (χ1n) is 4.69. The second kappa shape index (κ2) is 3.98. The molecule has 0 unspecified atom stereocenters. The summed E-state index contributed by atoms with van der Waals surface area (Å²) in [4.78, 5) is 12.5. The van der Waals surface area contributed by atoms with Gasteiger partial charge in [0.15, 0.2) is 5.82 Å². The molecular formula is C10H11ClN4. The molecule has 15 heavy (non-hydrogen) atoms. The van der Waals surface area contributed by atoms with Gasteiger partial charge >= 0.3 is 0 Å². The number of imidazole rings is 1. The van der Waals surface area contributed by atoms with Crippen LogP contribution in [0.2, 0.25) is 5.15 Å². The first-order chi connectivity index (χ1) is 7.18. The molecule has 0 aliphatic rings. The minimum Gasteiger partial charge on any atom is -0.286 e. The largest absolute Gasteiger partial charge is 0.286 e. The maximum Gasteiger partial charge on any atom is 0.158 e.